The van der Waals surface area contributed by atoms with Crippen molar-refractivity contribution >= 4 is 23.2 Å². The van der Waals surface area contributed by atoms with Crippen LogP contribution in [0.25, 0.3) is 0 Å². The summed E-state index contributed by atoms with van der Waals surface area (Å²) in [4.78, 5) is 0. The largest absolute Gasteiger partial charge is 0.487 e. The molecule has 0 aliphatic carbocycles. The molecule has 2 aromatic rings. The first-order chi connectivity index (χ1) is 9.47. The Morgan fingerprint density at radius 2 is 1.95 bits per heavy atom. The Kier molecular flexibility index (Phi) is 4.86. The minimum Gasteiger partial charge on any atom is -0.487 e. The molecule has 0 heterocycles. The van der Waals surface area contributed by atoms with E-state index in [2.05, 4.69) is 0 Å². The summed E-state index contributed by atoms with van der Waals surface area (Å²) in [5.74, 6) is 0.119. The van der Waals surface area contributed by atoms with Crippen LogP contribution in [0.2, 0.25) is 10.0 Å². The molecule has 0 unspecified atom stereocenters. The van der Waals surface area contributed by atoms with E-state index in [9.17, 15) is 4.39 Å². The molecule has 0 aromatic heterocycles. The molecule has 0 radical (unpaired) electrons. The lowest BCUT2D eigenvalue weighted by atomic mass is 10.1. The Balaban J connectivity index is 2.13. The molecule has 1 atom stereocenters. The summed E-state index contributed by atoms with van der Waals surface area (Å²) in [6.45, 7) is 1.93. The van der Waals surface area contributed by atoms with Crippen LogP contribution >= 0.6 is 23.2 Å². The fraction of sp³-hybridized carbons (Fsp3) is 0.200. The summed E-state index contributed by atoms with van der Waals surface area (Å²) in [7, 11) is 0. The van der Waals surface area contributed by atoms with Crippen LogP contribution in [0.4, 0.5) is 4.39 Å². The normalized spacial score (nSPS) is 12.2. The number of nitrogens with two attached hydrogens (primary N) is 1. The molecule has 106 valence electrons. The van der Waals surface area contributed by atoms with Crippen LogP contribution in [0.1, 0.15) is 24.1 Å². The van der Waals surface area contributed by atoms with Gasteiger partial charge in [0.15, 0.2) is 0 Å². The molecular weight excluding hydrogens is 300 g/mol. The molecule has 0 saturated heterocycles. The van der Waals surface area contributed by atoms with Gasteiger partial charge in [0, 0.05) is 16.6 Å². The van der Waals surface area contributed by atoms with Crippen LogP contribution in [-0.4, -0.2) is 0 Å². The van der Waals surface area contributed by atoms with Crippen LogP contribution in [0, 0.1) is 5.82 Å². The Hall–Kier alpha value is -1.29. The zero-order valence-electron chi connectivity index (χ0n) is 10.9. The van der Waals surface area contributed by atoms with Crippen molar-refractivity contribution in [2.75, 3.05) is 0 Å². The van der Waals surface area contributed by atoms with Gasteiger partial charge in [-0.15, -0.1) is 0 Å². The second-order valence-electron chi connectivity index (χ2n) is 4.50. The fourth-order valence-electron chi connectivity index (χ4n) is 1.73. The van der Waals surface area contributed by atoms with E-state index in [1.54, 1.807) is 12.1 Å². The van der Waals surface area contributed by atoms with E-state index in [-0.39, 0.29) is 18.5 Å². The van der Waals surface area contributed by atoms with Crippen molar-refractivity contribution in [1.82, 2.24) is 0 Å². The van der Waals surface area contributed by atoms with Crippen molar-refractivity contribution in [3.8, 4) is 5.75 Å². The fourth-order valence-corrected chi connectivity index (χ4v) is 2.17. The minimum absolute atomic E-state index is 0.0592. The molecular formula is C15H14Cl2FNO. The van der Waals surface area contributed by atoms with Gasteiger partial charge >= 0.3 is 0 Å². The molecule has 0 spiro atoms. The third kappa shape index (κ3) is 3.63. The summed E-state index contributed by atoms with van der Waals surface area (Å²) in [5.41, 5.74) is 7.06. The maximum Gasteiger partial charge on any atom is 0.138 e. The molecule has 5 heteroatoms. The smallest absolute Gasteiger partial charge is 0.138 e. The van der Waals surface area contributed by atoms with E-state index < -0.39 is 0 Å². The first kappa shape index (κ1) is 15.1. The maximum atomic E-state index is 13.6. The van der Waals surface area contributed by atoms with E-state index in [0.29, 0.717) is 21.4 Å². The Morgan fingerprint density at radius 3 is 2.60 bits per heavy atom. The van der Waals surface area contributed by atoms with Gasteiger partial charge in [-0.2, -0.15) is 0 Å². The molecule has 0 fully saturated rings. The van der Waals surface area contributed by atoms with E-state index in [1.165, 1.54) is 18.2 Å². The maximum absolute atomic E-state index is 13.6. The van der Waals surface area contributed by atoms with Crippen LogP contribution < -0.4 is 10.5 Å². The Morgan fingerprint density at radius 1 is 1.20 bits per heavy atom. The standard InChI is InChI=1S/C15H14Cl2FNO/c1-9(19)10-2-5-15(13(17)7-10)20-8-11-6-12(16)3-4-14(11)18/h2-7,9H,8,19H2,1H3/t9-/m1/s1. The highest BCUT2D eigenvalue weighted by Gasteiger charge is 2.08. The highest BCUT2D eigenvalue weighted by molar-refractivity contribution is 6.32. The minimum atomic E-state index is -0.363. The van der Waals surface area contributed by atoms with Crippen LogP contribution in [0.3, 0.4) is 0 Å². The first-order valence-corrected chi connectivity index (χ1v) is 6.84. The van der Waals surface area contributed by atoms with Crippen molar-refractivity contribution in [2.45, 2.75) is 19.6 Å². The second-order valence-corrected chi connectivity index (χ2v) is 5.35. The van der Waals surface area contributed by atoms with Gasteiger partial charge in [0.25, 0.3) is 0 Å². The van der Waals surface area contributed by atoms with Gasteiger partial charge in [0.05, 0.1) is 5.02 Å². The van der Waals surface area contributed by atoms with Crippen molar-refractivity contribution in [2.24, 2.45) is 5.73 Å². The van der Waals surface area contributed by atoms with Gasteiger partial charge < -0.3 is 10.5 Å². The average molecular weight is 314 g/mol. The third-order valence-electron chi connectivity index (χ3n) is 2.87. The Bertz CT molecular complexity index is 617. The zero-order chi connectivity index (χ0) is 14.7. The summed E-state index contributed by atoms with van der Waals surface area (Å²) >= 11 is 11.9. The number of hydrogen-bond donors (Lipinski definition) is 1. The second kappa shape index (κ2) is 6.44. The molecule has 0 aliphatic rings. The van der Waals surface area contributed by atoms with E-state index in [0.717, 1.165) is 5.56 Å². The van der Waals surface area contributed by atoms with Crippen LogP contribution in [0.15, 0.2) is 36.4 Å². The summed E-state index contributed by atoms with van der Waals surface area (Å²) < 4.78 is 19.1. The van der Waals surface area contributed by atoms with Gasteiger partial charge in [-0.3, -0.25) is 0 Å². The number of halogens is 3. The highest BCUT2D eigenvalue weighted by Crippen LogP contribution is 2.28. The molecule has 0 bridgehead atoms. The first-order valence-electron chi connectivity index (χ1n) is 6.09. The molecule has 2 N–H and O–H groups in total. The van der Waals surface area contributed by atoms with Crippen LogP contribution in [-0.2, 0) is 6.61 Å². The quantitative estimate of drug-likeness (QED) is 0.885. The van der Waals surface area contributed by atoms with E-state index in [4.69, 9.17) is 33.7 Å². The number of benzene rings is 2. The molecule has 2 aromatic carbocycles. The summed E-state index contributed by atoms with van der Waals surface area (Å²) in [6.07, 6.45) is 0. The molecule has 0 aliphatic heterocycles. The molecule has 20 heavy (non-hydrogen) atoms. The average Bonchev–Trinajstić information content (AvgIpc) is 2.40. The van der Waals surface area contributed by atoms with Crippen molar-refractivity contribution in [1.29, 1.82) is 0 Å². The Labute approximate surface area is 127 Å². The predicted octanol–water partition coefficient (Wildman–Crippen LogP) is 4.73. The summed E-state index contributed by atoms with van der Waals surface area (Å²) in [6, 6.07) is 9.53. The van der Waals surface area contributed by atoms with Gasteiger partial charge in [-0.05, 0) is 42.8 Å². The lowest BCUT2D eigenvalue weighted by Crippen LogP contribution is -2.05. The van der Waals surface area contributed by atoms with Gasteiger partial charge in [-0.1, -0.05) is 29.3 Å². The van der Waals surface area contributed by atoms with Gasteiger partial charge in [0.2, 0.25) is 0 Å². The number of ether oxygens (including phenoxy) is 1. The van der Waals surface area contributed by atoms with Gasteiger partial charge in [-0.25, -0.2) is 4.39 Å². The monoisotopic (exact) mass is 313 g/mol. The number of hydrogen-bond acceptors (Lipinski definition) is 2. The topological polar surface area (TPSA) is 35.2 Å². The summed E-state index contributed by atoms with van der Waals surface area (Å²) in [5, 5.41) is 0.908. The van der Waals surface area contributed by atoms with E-state index >= 15 is 0 Å². The lowest BCUT2D eigenvalue weighted by Gasteiger charge is -2.12. The van der Waals surface area contributed by atoms with Crippen molar-refractivity contribution in [3.05, 3.63) is 63.4 Å². The lowest BCUT2D eigenvalue weighted by molar-refractivity contribution is 0.300. The molecule has 2 rings (SSSR count). The zero-order valence-corrected chi connectivity index (χ0v) is 12.4. The van der Waals surface area contributed by atoms with Crippen LogP contribution in [0.5, 0.6) is 5.75 Å². The van der Waals surface area contributed by atoms with Crippen molar-refractivity contribution < 1.29 is 9.13 Å². The van der Waals surface area contributed by atoms with Crippen molar-refractivity contribution in [3.63, 3.8) is 0 Å². The van der Waals surface area contributed by atoms with Gasteiger partial charge in [0.1, 0.15) is 18.2 Å². The highest BCUT2D eigenvalue weighted by atomic mass is 35.5. The molecule has 0 amide bonds. The number of rotatable bonds is 4. The molecule has 0 saturated carbocycles. The predicted molar refractivity (Wildman–Crippen MR) is 79.8 cm³/mol. The molecule has 2 nitrogen and oxygen atoms in total. The third-order valence-corrected chi connectivity index (χ3v) is 3.40. The SMILES string of the molecule is C[C@@H](N)c1ccc(OCc2cc(Cl)ccc2F)c(Cl)c1. The van der Waals surface area contributed by atoms with E-state index in [1.807, 2.05) is 13.0 Å².